The summed E-state index contributed by atoms with van der Waals surface area (Å²) in [5.41, 5.74) is 1.60. The molecule has 0 saturated carbocycles. The molecule has 1 saturated heterocycles. The minimum absolute atomic E-state index is 0.0107. The summed E-state index contributed by atoms with van der Waals surface area (Å²) in [5, 5.41) is 5.04. The van der Waals surface area contributed by atoms with Crippen LogP contribution in [-0.2, 0) is 9.84 Å². The van der Waals surface area contributed by atoms with Crippen LogP contribution < -0.4 is 0 Å². The van der Waals surface area contributed by atoms with Crippen LogP contribution in [0.4, 0.5) is 0 Å². The van der Waals surface area contributed by atoms with Crippen LogP contribution in [0.1, 0.15) is 30.2 Å². The maximum Gasteiger partial charge on any atom is 0.254 e. The second kappa shape index (κ2) is 6.49. The van der Waals surface area contributed by atoms with Gasteiger partial charge in [0.1, 0.15) is 5.69 Å². The van der Waals surface area contributed by atoms with E-state index in [1.807, 2.05) is 13.8 Å². The number of aromatic nitrogens is 3. The molecule has 9 heteroatoms. The quantitative estimate of drug-likeness (QED) is 0.682. The third-order valence-electron chi connectivity index (χ3n) is 4.69. The van der Waals surface area contributed by atoms with Crippen LogP contribution in [0, 0.1) is 0 Å². The number of carbonyl (C=O) groups is 1. The Morgan fingerprint density at radius 1 is 1.26 bits per heavy atom. The lowest BCUT2D eigenvalue weighted by Crippen LogP contribution is -2.43. The molecule has 0 N–H and O–H groups in total. The Labute approximate surface area is 156 Å². The van der Waals surface area contributed by atoms with Crippen LogP contribution in [0.5, 0.6) is 0 Å². The zero-order valence-electron chi connectivity index (χ0n) is 15.1. The molecule has 1 amide bonds. The molecule has 4 heterocycles. The standard InChI is InChI=1S/C18H20N4O4S/c1-12(2)22-17-14(11-19-22)13(10-15(20-17)16-4-3-7-26-16)18(23)21-5-8-27(24,25)9-6-21/h3-4,7,10-12H,5-6,8-9H2,1-2H3. The van der Waals surface area contributed by atoms with Crippen LogP contribution in [0.25, 0.3) is 22.5 Å². The van der Waals surface area contributed by atoms with E-state index in [-0.39, 0.29) is 36.5 Å². The second-order valence-corrected chi connectivity index (χ2v) is 9.20. The fraction of sp³-hybridized carbons (Fsp3) is 0.389. The summed E-state index contributed by atoms with van der Waals surface area (Å²) in [5.74, 6) is 0.323. The minimum Gasteiger partial charge on any atom is -0.463 e. The number of sulfone groups is 1. The molecule has 8 nitrogen and oxygen atoms in total. The summed E-state index contributed by atoms with van der Waals surface area (Å²) in [7, 11) is -3.06. The molecular weight excluding hydrogens is 368 g/mol. The van der Waals surface area contributed by atoms with E-state index >= 15 is 0 Å². The predicted molar refractivity (Wildman–Crippen MR) is 100 cm³/mol. The van der Waals surface area contributed by atoms with Gasteiger partial charge in [-0.3, -0.25) is 4.79 Å². The number of hydrogen-bond donors (Lipinski definition) is 0. The highest BCUT2D eigenvalue weighted by atomic mass is 32.2. The Hall–Kier alpha value is -2.68. The van der Waals surface area contributed by atoms with E-state index in [1.54, 1.807) is 40.2 Å². The van der Waals surface area contributed by atoms with Gasteiger partial charge in [-0.2, -0.15) is 5.10 Å². The molecule has 0 bridgehead atoms. The van der Waals surface area contributed by atoms with Crippen molar-refractivity contribution in [2.24, 2.45) is 0 Å². The van der Waals surface area contributed by atoms with Gasteiger partial charge in [0, 0.05) is 19.1 Å². The minimum atomic E-state index is -3.06. The predicted octanol–water partition coefficient (Wildman–Crippen LogP) is 2.14. The molecule has 0 unspecified atom stereocenters. The Balaban J connectivity index is 1.82. The van der Waals surface area contributed by atoms with Crippen molar-refractivity contribution in [3.05, 3.63) is 36.2 Å². The molecule has 0 atom stereocenters. The van der Waals surface area contributed by atoms with E-state index in [4.69, 9.17) is 4.42 Å². The lowest BCUT2D eigenvalue weighted by Gasteiger charge is -2.27. The first kappa shape index (κ1) is 17.7. The van der Waals surface area contributed by atoms with E-state index in [0.717, 1.165) is 0 Å². The highest BCUT2D eigenvalue weighted by Crippen LogP contribution is 2.27. The summed E-state index contributed by atoms with van der Waals surface area (Å²) in [4.78, 5) is 19.4. The van der Waals surface area contributed by atoms with Crippen LogP contribution in [0.3, 0.4) is 0 Å². The number of rotatable bonds is 3. The Kier molecular flexibility index (Phi) is 4.26. The fourth-order valence-corrected chi connectivity index (χ4v) is 4.41. The van der Waals surface area contributed by atoms with Gasteiger partial charge in [-0.1, -0.05) is 0 Å². The van der Waals surface area contributed by atoms with Crippen molar-refractivity contribution in [2.75, 3.05) is 24.6 Å². The Morgan fingerprint density at radius 2 is 2.00 bits per heavy atom. The normalized spacial score (nSPS) is 16.9. The average Bonchev–Trinajstić information content (AvgIpc) is 3.30. The van der Waals surface area contributed by atoms with Crippen molar-refractivity contribution in [1.29, 1.82) is 0 Å². The summed E-state index contributed by atoms with van der Waals surface area (Å²) in [6.45, 7) is 4.37. The fourth-order valence-electron chi connectivity index (χ4n) is 3.21. The third kappa shape index (κ3) is 3.23. The van der Waals surface area contributed by atoms with E-state index in [9.17, 15) is 13.2 Å². The first-order chi connectivity index (χ1) is 12.9. The second-order valence-electron chi connectivity index (χ2n) is 6.90. The Morgan fingerprint density at radius 3 is 2.63 bits per heavy atom. The largest absolute Gasteiger partial charge is 0.463 e. The zero-order chi connectivity index (χ0) is 19.2. The van der Waals surface area contributed by atoms with Crippen LogP contribution in [0.15, 0.2) is 35.1 Å². The van der Waals surface area contributed by atoms with Gasteiger partial charge in [-0.15, -0.1) is 0 Å². The third-order valence-corrected chi connectivity index (χ3v) is 6.30. The maximum absolute atomic E-state index is 13.2. The molecule has 0 spiro atoms. The number of fused-ring (bicyclic) bond motifs is 1. The molecule has 27 heavy (non-hydrogen) atoms. The lowest BCUT2D eigenvalue weighted by atomic mass is 10.1. The molecule has 3 aromatic rings. The van der Waals surface area contributed by atoms with E-state index < -0.39 is 9.84 Å². The number of furan rings is 1. The molecule has 1 aliphatic rings. The molecule has 4 rings (SSSR count). The molecule has 1 aliphatic heterocycles. The van der Waals surface area contributed by atoms with E-state index in [0.29, 0.717) is 28.1 Å². The summed E-state index contributed by atoms with van der Waals surface area (Å²) >= 11 is 0. The average molecular weight is 388 g/mol. The van der Waals surface area contributed by atoms with Gasteiger partial charge in [0.25, 0.3) is 5.91 Å². The maximum atomic E-state index is 13.2. The van der Waals surface area contributed by atoms with Gasteiger partial charge in [-0.05, 0) is 32.0 Å². The van der Waals surface area contributed by atoms with Crippen molar-refractivity contribution >= 4 is 26.8 Å². The number of hydrogen-bond acceptors (Lipinski definition) is 6. The highest BCUT2D eigenvalue weighted by Gasteiger charge is 2.28. The van der Waals surface area contributed by atoms with Gasteiger partial charge in [0.2, 0.25) is 0 Å². The molecule has 1 fully saturated rings. The van der Waals surface area contributed by atoms with Crippen LogP contribution in [0.2, 0.25) is 0 Å². The van der Waals surface area contributed by atoms with Crippen LogP contribution >= 0.6 is 0 Å². The van der Waals surface area contributed by atoms with Gasteiger partial charge >= 0.3 is 0 Å². The molecule has 142 valence electrons. The van der Waals surface area contributed by atoms with Gasteiger partial charge in [-0.25, -0.2) is 18.1 Å². The molecular formula is C18H20N4O4S. The topological polar surface area (TPSA) is 98.3 Å². The molecule has 0 aromatic carbocycles. The van der Waals surface area contributed by atoms with Gasteiger partial charge < -0.3 is 9.32 Å². The smallest absolute Gasteiger partial charge is 0.254 e. The van der Waals surface area contributed by atoms with Crippen LogP contribution in [-0.4, -0.2) is 58.6 Å². The summed E-state index contributed by atoms with van der Waals surface area (Å²) in [6.07, 6.45) is 3.19. The summed E-state index contributed by atoms with van der Waals surface area (Å²) in [6, 6.07) is 5.31. The lowest BCUT2D eigenvalue weighted by molar-refractivity contribution is 0.0772. The number of nitrogens with zero attached hydrogens (tertiary/aromatic N) is 4. The first-order valence-electron chi connectivity index (χ1n) is 8.77. The molecule has 0 aliphatic carbocycles. The van der Waals surface area contributed by atoms with E-state index in [2.05, 4.69) is 10.1 Å². The number of amides is 1. The SMILES string of the molecule is CC(C)n1ncc2c(C(=O)N3CCS(=O)(=O)CC3)cc(-c3ccco3)nc21. The molecule has 0 radical (unpaired) electrons. The van der Waals surface area contributed by atoms with Crippen molar-refractivity contribution in [2.45, 2.75) is 19.9 Å². The monoisotopic (exact) mass is 388 g/mol. The highest BCUT2D eigenvalue weighted by molar-refractivity contribution is 7.91. The first-order valence-corrected chi connectivity index (χ1v) is 10.6. The van der Waals surface area contributed by atoms with Crippen molar-refractivity contribution < 1.29 is 17.6 Å². The van der Waals surface area contributed by atoms with Crippen molar-refractivity contribution in [3.8, 4) is 11.5 Å². The number of pyridine rings is 1. The zero-order valence-corrected chi connectivity index (χ0v) is 15.9. The number of carbonyl (C=O) groups excluding carboxylic acids is 1. The van der Waals surface area contributed by atoms with E-state index in [1.165, 1.54) is 0 Å². The Bertz CT molecular complexity index is 1090. The summed E-state index contributed by atoms with van der Waals surface area (Å²) < 4.78 is 30.6. The van der Waals surface area contributed by atoms with Gasteiger partial charge in [0.05, 0.1) is 34.9 Å². The van der Waals surface area contributed by atoms with Crippen molar-refractivity contribution in [1.82, 2.24) is 19.7 Å². The van der Waals surface area contributed by atoms with Gasteiger partial charge in [0.15, 0.2) is 21.2 Å². The molecule has 3 aromatic heterocycles. The van der Waals surface area contributed by atoms with Crippen molar-refractivity contribution in [3.63, 3.8) is 0 Å².